The van der Waals surface area contributed by atoms with Gasteiger partial charge in [-0.1, -0.05) is 35.9 Å². The molecule has 0 radical (unpaired) electrons. The summed E-state index contributed by atoms with van der Waals surface area (Å²) in [6.45, 7) is 6.97. The van der Waals surface area contributed by atoms with Crippen molar-refractivity contribution in [1.29, 1.82) is 0 Å². The van der Waals surface area contributed by atoms with Gasteiger partial charge in [0.15, 0.2) is 0 Å². The fraction of sp³-hybridized carbons (Fsp3) is 0.250. The van der Waals surface area contributed by atoms with Gasteiger partial charge in [-0.15, -0.1) is 0 Å². The van der Waals surface area contributed by atoms with Crippen molar-refractivity contribution in [2.75, 3.05) is 0 Å². The van der Waals surface area contributed by atoms with Crippen molar-refractivity contribution in [3.05, 3.63) is 64.7 Å². The van der Waals surface area contributed by atoms with Crippen molar-refractivity contribution in [2.45, 2.75) is 27.4 Å². The first kappa shape index (κ1) is 11.7. The highest BCUT2D eigenvalue weighted by atomic mass is 16.5. The van der Waals surface area contributed by atoms with E-state index >= 15 is 0 Å². The van der Waals surface area contributed by atoms with Crippen LogP contribution in [0.4, 0.5) is 0 Å². The third-order valence-electron chi connectivity index (χ3n) is 3.05. The first-order chi connectivity index (χ1) is 8.16. The maximum absolute atomic E-state index is 5.81. The van der Waals surface area contributed by atoms with E-state index in [1.165, 1.54) is 22.3 Å². The van der Waals surface area contributed by atoms with Gasteiger partial charge in [-0.05, 0) is 49.6 Å². The van der Waals surface area contributed by atoms with E-state index in [-0.39, 0.29) is 0 Å². The number of ether oxygens (including phenoxy) is 1. The van der Waals surface area contributed by atoms with E-state index in [1.807, 2.05) is 12.1 Å². The second-order valence-corrected chi connectivity index (χ2v) is 4.47. The molecule has 0 N–H and O–H groups in total. The van der Waals surface area contributed by atoms with E-state index in [0.29, 0.717) is 6.61 Å². The van der Waals surface area contributed by atoms with E-state index in [4.69, 9.17) is 4.74 Å². The lowest BCUT2D eigenvalue weighted by molar-refractivity contribution is 0.304. The maximum atomic E-state index is 5.81. The fourth-order valence-corrected chi connectivity index (χ4v) is 1.87. The van der Waals surface area contributed by atoms with Crippen molar-refractivity contribution in [2.24, 2.45) is 0 Å². The van der Waals surface area contributed by atoms with Gasteiger partial charge in [0.1, 0.15) is 12.4 Å². The van der Waals surface area contributed by atoms with Gasteiger partial charge in [0.05, 0.1) is 0 Å². The number of hydrogen-bond donors (Lipinski definition) is 0. The molecule has 0 unspecified atom stereocenters. The first-order valence-corrected chi connectivity index (χ1v) is 5.91. The van der Waals surface area contributed by atoms with Crippen molar-refractivity contribution in [3.8, 4) is 5.75 Å². The van der Waals surface area contributed by atoms with Gasteiger partial charge < -0.3 is 4.74 Å². The molecule has 1 nitrogen and oxygen atoms in total. The average Bonchev–Trinajstić information content (AvgIpc) is 2.31. The minimum Gasteiger partial charge on any atom is -0.489 e. The molecule has 0 bridgehead atoms. The second kappa shape index (κ2) is 5.05. The summed E-state index contributed by atoms with van der Waals surface area (Å²) in [4.78, 5) is 0. The Labute approximate surface area is 103 Å². The molecule has 2 rings (SSSR count). The Balaban J connectivity index is 2.10. The fourth-order valence-electron chi connectivity index (χ4n) is 1.87. The van der Waals surface area contributed by atoms with E-state index in [9.17, 15) is 0 Å². The molecule has 0 saturated carbocycles. The molecule has 2 aromatic carbocycles. The smallest absolute Gasteiger partial charge is 0.119 e. The molecule has 0 aliphatic rings. The molecule has 1 heteroatoms. The normalized spacial score (nSPS) is 10.3. The third-order valence-corrected chi connectivity index (χ3v) is 3.05. The zero-order valence-corrected chi connectivity index (χ0v) is 10.7. The molecule has 0 heterocycles. The monoisotopic (exact) mass is 226 g/mol. The summed E-state index contributed by atoms with van der Waals surface area (Å²) >= 11 is 0. The lowest BCUT2D eigenvalue weighted by Gasteiger charge is -2.11. The van der Waals surface area contributed by atoms with Crippen LogP contribution >= 0.6 is 0 Å². The Morgan fingerprint density at radius 1 is 0.824 bits per heavy atom. The number of rotatable bonds is 3. The van der Waals surface area contributed by atoms with Crippen molar-refractivity contribution >= 4 is 0 Å². The van der Waals surface area contributed by atoms with E-state index in [2.05, 4.69) is 51.1 Å². The number of benzene rings is 2. The van der Waals surface area contributed by atoms with Crippen LogP contribution in [0.15, 0.2) is 42.5 Å². The molecule has 0 fully saturated rings. The van der Waals surface area contributed by atoms with Crippen molar-refractivity contribution in [3.63, 3.8) is 0 Å². The molecular weight excluding hydrogens is 208 g/mol. The van der Waals surface area contributed by atoms with Crippen LogP contribution in [0.1, 0.15) is 22.3 Å². The maximum Gasteiger partial charge on any atom is 0.119 e. The summed E-state index contributed by atoms with van der Waals surface area (Å²) in [7, 11) is 0. The summed E-state index contributed by atoms with van der Waals surface area (Å²) in [6.07, 6.45) is 0. The lowest BCUT2D eigenvalue weighted by atomic mass is 10.0. The Hall–Kier alpha value is -1.76. The highest BCUT2D eigenvalue weighted by Crippen LogP contribution is 2.18. The minimum atomic E-state index is 0.640. The Morgan fingerprint density at radius 2 is 1.41 bits per heavy atom. The predicted octanol–water partition coefficient (Wildman–Crippen LogP) is 4.19. The molecule has 0 spiro atoms. The van der Waals surface area contributed by atoms with Gasteiger partial charge in [0.2, 0.25) is 0 Å². The second-order valence-electron chi connectivity index (χ2n) is 4.47. The molecule has 0 aliphatic heterocycles. The van der Waals surface area contributed by atoms with Crippen LogP contribution in [0.2, 0.25) is 0 Å². The van der Waals surface area contributed by atoms with Crippen LogP contribution < -0.4 is 4.74 Å². The summed E-state index contributed by atoms with van der Waals surface area (Å²) in [6, 6.07) is 14.5. The standard InChI is InChI=1S/C16H18O/c1-12-7-9-15(10-8-12)17-11-16-13(2)5-4-6-14(16)3/h4-10H,11H2,1-3H3. The lowest BCUT2D eigenvalue weighted by Crippen LogP contribution is -2.00. The highest BCUT2D eigenvalue weighted by molar-refractivity contribution is 5.34. The summed E-state index contributed by atoms with van der Waals surface area (Å²) < 4.78 is 5.81. The molecule has 0 aliphatic carbocycles. The van der Waals surface area contributed by atoms with Crippen LogP contribution in [0.3, 0.4) is 0 Å². The molecule has 2 aromatic rings. The van der Waals surface area contributed by atoms with Crippen LogP contribution in [0, 0.1) is 20.8 Å². The quantitative estimate of drug-likeness (QED) is 0.762. The Bertz CT molecular complexity index is 477. The van der Waals surface area contributed by atoms with E-state index < -0.39 is 0 Å². The molecular formula is C16H18O. The molecule has 0 atom stereocenters. The highest BCUT2D eigenvalue weighted by Gasteiger charge is 2.02. The minimum absolute atomic E-state index is 0.640. The summed E-state index contributed by atoms with van der Waals surface area (Å²) in [5.74, 6) is 0.929. The predicted molar refractivity (Wildman–Crippen MR) is 71.4 cm³/mol. The van der Waals surface area contributed by atoms with Crippen LogP contribution in [-0.4, -0.2) is 0 Å². The SMILES string of the molecule is Cc1ccc(OCc2c(C)cccc2C)cc1. The van der Waals surface area contributed by atoms with E-state index in [1.54, 1.807) is 0 Å². The summed E-state index contributed by atoms with van der Waals surface area (Å²) in [5, 5.41) is 0. The number of aryl methyl sites for hydroxylation is 3. The van der Waals surface area contributed by atoms with Gasteiger partial charge in [0.25, 0.3) is 0 Å². The van der Waals surface area contributed by atoms with Gasteiger partial charge in [-0.3, -0.25) is 0 Å². The van der Waals surface area contributed by atoms with Crippen LogP contribution in [0.25, 0.3) is 0 Å². The average molecular weight is 226 g/mol. The van der Waals surface area contributed by atoms with Crippen molar-refractivity contribution in [1.82, 2.24) is 0 Å². The zero-order chi connectivity index (χ0) is 12.3. The Kier molecular flexibility index (Phi) is 3.48. The topological polar surface area (TPSA) is 9.23 Å². The molecule has 0 saturated heterocycles. The molecule has 0 amide bonds. The Morgan fingerprint density at radius 3 is 2.00 bits per heavy atom. The first-order valence-electron chi connectivity index (χ1n) is 5.91. The summed E-state index contributed by atoms with van der Waals surface area (Å²) in [5.41, 5.74) is 5.12. The molecule has 0 aromatic heterocycles. The van der Waals surface area contributed by atoms with Gasteiger partial charge >= 0.3 is 0 Å². The largest absolute Gasteiger partial charge is 0.489 e. The van der Waals surface area contributed by atoms with Gasteiger partial charge in [-0.2, -0.15) is 0 Å². The van der Waals surface area contributed by atoms with E-state index in [0.717, 1.165) is 5.75 Å². The zero-order valence-electron chi connectivity index (χ0n) is 10.7. The van der Waals surface area contributed by atoms with Gasteiger partial charge in [-0.25, -0.2) is 0 Å². The molecule has 17 heavy (non-hydrogen) atoms. The van der Waals surface area contributed by atoms with Crippen molar-refractivity contribution < 1.29 is 4.74 Å². The third kappa shape index (κ3) is 2.88. The number of hydrogen-bond acceptors (Lipinski definition) is 1. The van der Waals surface area contributed by atoms with Crippen LogP contribution in [0.5, 0.6) is 5.75 Å². The van der Waals surface area contributed by atoms with Crippen LogP contribution in [-0.2, 0) is 6.61 Å². The van der Waals surface area contributed by atoms with Gasteiger partial charge in [0, 0.05) is 0 Å². The molecule has 88 valence electrons.